The first-order valence-corrected chi connectivity index (χ1v) is 7.22. The Morgan fingerprint density at radius 3 is 3.06 bits per heavy atom. The highest BCUT2D eigenvalue weighted by atomic mass is 32.1. The molecule has 0 spiro atoms. The van der Waals surface area contributed by atoms with Crippen LogP contribution < -0.4 is 4.90 Å². The van der Waals surface area contributed by atoms with Crippen LogP contribution >= 0.6 is 11.5 Å². The summed E-state index contributed by atoms with van der Waals surface area (Å²) in [6, 6.07) is 0. The van der Waals surface area contributed by atoms with E-state index >= 15 is 0 Å². The molecule has 1 aromatic heterocycles. The molecule has 94 valence electrons. The van der Waals surface area contributed by atoms with Crippen molar-refractivity contribution in [3.8, 4) is 0 Å². The first-order valence-electron chi connectivity index (χ1n) is 6.45. The highest BCUT2D eigenvalue weighted by Crippen LogP contribution is 2.40. The predicted octanol–water partition coefficient (Wildman–Crippen LogP) is 1.98. The number of nitrogens with zero attached hydrogens (tertiary/aromatic N) is 3. The summed E-state index contributed by atoms with van der Waals surface area (Å²) in [6.45, 7) is 3.80. The average molecular weight is 253 g/mol. The highest BCUT2D eigenvalue weighted by molar-refractivity contribution is 7.09. The van der Waals surface area contributed by atoms with Crippen LogP contribution in [0.15, 0.2) is 0 Å². The number of fused-ring (bicyclic) bond motifs is 1. The summed E-state index contributed by atoms with van der Waals surface area (Å²) < 4.78 is 4.24. The molecule has 3 rings (SSSR count). The van der Waals surface area contributed by atoms with Crippen molar-refractivity contribution in [2.24, 2.45) is 5.92 Å². The van der Waals surface area contributed by atoms with E-state index in [4.69, 9.17) is 0 Å². The van der Waals surface area contributed by atoms with Gasteiger partial charge in [0, 0.05) is 30.5 Å². The van der Waals surface area contributed by atoms with Gasteiger partial charge in [0.05, 0.1) is 5.60 Å². The Morgan fingerprint density at radius 2 is 2.29 bits per heavy atom. The maximum atomic E-state index is 10.6. The zero-order valence-corrected chi connectivity index (χ0v) is 11.0. The van der Waals surface area contributed by atoms with Crippen molar-refractivity contribution in [1.82, 2.24) is 9.36 Å². The summed E-state index contributed by atoms with van der Waals surface area (Å²) in [4.78, 5) is 6.75. The van der Waals surface area contributed by atoms with E-state index in [9.17, 15) is 5.11 Å². The molecule has 5 heteroatoms. The maximum Gasteiger partial charge on any atom is 0.205 e. The molecule has 1 saturated heterocycles. The molecule has 1 N–H and O–H groups in total. The third-order valence-electron chi connectivity index (χ3n) is 4.21. The second-order valence-electron chi connectivity index (χ2n) is 5.37. The minimum Gasteiger partial charge on any atom is -0.389 e. The molecule has 17 heavy (non-hydrogen) atoms. The van der Waals surface area contributed by atoms with Crippen molar-refractivity contribution < 1.29 is 5.11 Å². The Labute approximate surface area is 106 Å². The van der Waals surface area contributed by atoms with Crippen molar-refractivity contribution in [1.29, 1.82) is 0 Å². The fourth-order valence-corrected chi connectivity index (χ4v) is 3.87. The van der Waals surface area contributed by atoms with E-state index in [0.29, 0.717) is 5.92 Å². The van der Waals surface area contributed by atoms with Crippen LogP contribution in [0.2, 0.25) is 0 Å². The molecule has 0 aromatic carbocycles. The number of hydrogen-bond donors (Lipinski definition) is 1. The summed E-state index contributed by atoms with van der Waals surface area (Å²) in [5.41, 5.74) is -0.394. The maximum absolute atomic E-state index is 10.6. The lowest BCUT2D eigenvalue weighted by molar-refractivity contribution is -0.0612. The molecular weight excluding hydrogens is 234 g/mol. The number of piperidine rings is 1. The van der Waals surface area contributed by atoms with E-state index < -0.39 is 5.60 Å². The molecule has 2 heterocycles. The van der Waals surface area contributed by atoms with Crippen LogP contribution in [-0.4, -0.2) is 33.2 Å². The van der Waals surface area contributed by atoms with Crippen LogP contribution in [0.3, 0.4) is 0 Å². The molecule has 1 aromatic rings. The average Bonchev–Trinajstić information content (AvgIpc) is 2.75. The van der Waals surface area contributed by atoms with Gasteiger partial charge in [-0.05, 0) is 26.2 Å². The standard InChI is InChI=1S/C12H19N3OS/c1-9-13-11(17-14-9)15-7-6-12(16)5-3-2-4-10(12)8-15/h10,16H,2-8H2,1H3. The summed E-state index contributed by atoms with van der Waals surface area (Å²) in [5, 5.41) is 11.6. The molecule has 1 aliphatic carbocycles. The van der Waals surface area contributed by atoms with Gasteiger partial charge in [-0.1, -0.05) is 12.8 Å². The minimum atomic E-state index is -0.394. The number of aryl methyl sites for hydroxylation is 1. The summed E-state index contributed by atoms with van der Waals surface area (Å²) in [6.07, 6.45) is 5.47. The fraction of sp³-hybridized carbons (Fsp3) is 0.833. The van der Waals surface area contributed by atoms with Crippen LogP contribution in [0.4, 0.5) is 5.13 Å². The van der Waals surface area contributed by atoms with Gasteiger partial charge in [-0.15, -0.1) is 0 Å². The van der Waals surface area contributed by atoms with Crippen molar-refractivity contribution >= 4 is 16.7 Å². The first-order chi connectivity index (χ1) is 8.17. The zero-order valence-electron chi connectivity index (χ0n) is 10.2. The number of rotatable bonds is 1. The molecular formula is C12H19N3OS. The molecule has 0 amide bonds. The van der Waals surface area contributed by atoms with Gasteiger partial charge >= 0.3 is 0 Å². The first kappa shape index (κ1) is 11.4. The van der Waals surface area contributed by atoms with Gasteiger partial charge in [0.15, 0.2) is 0 Å². The van der Waals surface area contributed by atoms with Crippen molar-refractivity contribution in [2.45, 2.75) is 44.6 Å². The number of aromatic nitrogens is 2. The Morgan fingerprint density at radius 1 is 1.41 bits per heavy atom. The summed E-state index contributed by atoms with van der Waals surface area (Å²) in [5.74, 6) is 1.28. The Balaban J connectivity index is 1.75. The zero-order chi connectivity index (χ0) is 11.9. The number of hydrogen-bond acceptors (Lipinski definition) is 5. The predicted molar refractivity (Wildman–Crippen MR) is 68.4 cm³/mol. The van der Waals surface area contributed by atoms with Gasteiger partial charge in [-0.25, -0.2) is 4.98 Å². The van der Waals surface area contributed by atoms with Gasteiger partial charge in [0.25, 0.3) is 0 Å². The summed E-state index contributed by atoms with van der Waals surface area (Å²) >= 11 is 1.48. The monoisotopic (exact) mass is 253 g/mol. The van der Waals surface area contributed by atoms with Gasteiger partial charge in [0.1, 0.15) is 5.82 Å². The molecule has 2 aliphatic rings. The Bertz CT molecular complexity index is 408. The highest BCUT2D eigenvalue weighted by Gasteiger charge is 2.43. The van der Waals surface area contributed by atoms with E-state index in [-0.39, 0.29) is 0 Å². The lowest BCUT2D eigenvalue weighted by Gasteiger charge is -2.47. The van der Waals surface area contributed by atoms with Crippen molar-refractivity contribution in [3.63, 3.8) is 0 Å². The largest absolute Gasteiger partial charge is 0.389 e. The fourth-order valence-electron chi connectivity index (χ4n) is 3.16. The Kier molecular flexibility index (Phi) is 2.83. The molecule has 2 atom stereocenters. The van der Waals surface area contributed by atoms with Crippen molar-refractivity contribution in [2.75, 3.05) is 18.0 Å². The molecule has 1 saturated carbocycles. The van der Waals surface area contributed by atoms with Gasteiger partial charge < -0.3 is 10.0 Å². The molecule has 1 aliphatic heterocycles. The quantitative estimate of drug-likeness (QED) is 0.831. The van der Waals surface area contributed by atoms with E-state index in [1.165, 1.54) is 24.4 Å². The molecule has 2 fully saturated rings. The SMILES string of the molecule is Cc1nsc(N2CCC3(O)CCCCC3C2)n1. The molecule has 4 nitrogen and oxygen atoms in total. The molecule has 0 radical (unpaired) electrons. The molecule has 2 unspecified atom stereocenters. The number of anilines is 1. The second-order valence-corrected chi connectivity index (χ2v) is 6.10. The van der Waals surface area contributed by atoms with Gasteiger partial charge in [0.2, 0.25) is 5.13 Å². The third kappa shape index (κ3) is 2.06. The van der Waals surface area contributed by atoms with E-state index in [1.54, 1.807) is 0 Å². The molecule has 0 bridgehead atoms. The Hall–Kier alpha value is -0.680. The normalized spacial score (nSPS) is 33.5. The van der Waals surface area contributed by atoms with Crippen LogP contribution in [-0.2, 0) is 0 Å². The minimum absolute atomic E-state index is 0.394. The lowest BCUT2D eigenvalue weighted by Crippen LogP contribution is -2.53. The van der Waals surface area contributed by atoms with Crippen LogP contribution in [0.25, 0.3) is 0 Å². The lowest BCUT2D eigenvalue weighted by atomic mass is 9.71. The van der Waals surface area contributed by atoms with Gasteiger partial charge in [-0.3, -0.25) is 0 Å². The number of aliphatic hydroxyl groups is 1. The van der Waals surface area contributed by atoms with E-state index in [0.717, 1.165) is 43.3 Å². The van der Waals surface area contributed by atoms with Crippen LogP contribution in [0, 0.1) is 12.8 Å². The van der Waals surface area contributed by atoms with E-state index in [2.05, 4.69) is 14.3 Å². The van der Waals surface area contributed by atoms with Crippen LogP contribution in [0.5, 0.6) is 0 Å². The van der Waals surface area contributed by atoms with Crippen LogP contribution in [0.1, 0.15) is 37.9 Å². The topological polar surface area (TPSA) is 49.2 Å². The summed E-state index contributed by atoms with van der Waals surface area (Å²) in [7, 11) is 0. The van der Waals surface area contributed by atoms with Gasteiger partial charge in [-0.2, -0.15) is 4.37 Å². The smallest absolute Gasteiger partial charge is 0.205 e. The second kappa shape index (κ2) is 4.21. The third-order valence-corrected chi connectivity index (χ3v) is 5.08. The van der Waals surface area contributed by atoms with Crippen molar-refractivity contribution in [3.05, 3.63) is 5.82 Å². The van der Waals surface area contributed by atoms with E-state index in [1.807, 2.05) is 6.92 Å².